The van der Waals surface area contributed by atoms with Crippen LogP contribution in [0.3, 0.4) is 0 Å². The van der Waals surface area contributed by atoms with Gasteiger partial charge in [-0.25, -0.2) is 0 Å². The smallest absolute Gasteiger partial charge is 0.0482 e. The lowest BCUT2D eigenvalue weighted by Gasteiger charge is -2.29. The molecule has 0 radical (unpaired) electrons. The quantitative estimate of drug-likeness (QED) is 0.657. The van der Waals surface area contributed by atoms with E-state index in [4.69, 9.17) is 0 Å². The Labute approximate surface area is 144 Å². The average Bonchev–Trinajstić information content (AvgIpc) is 3.10. The number of aryl methyl sites for hydroxylation is 1. The molecule has 0 saturated carbocycles. The molecule has 1 aliphatic heterocycles. The minimum Gasteiger partial charge on any atom is -0.343 e. The van der Waals surface area contributed by atoms with Crippen LogP contribution in [-0.4, -0.2) is 21.6 Å². The lowest BCUT2D eigenvalue weighted by Crippen LogP contribution is -2.36. The van der Waals surface area contributed by atoms with Crippen LogP contribution < -0.4 is 0 Å². The molecule has 2 nitrogen and oxygen atoms in total. The van der Waals surface area contributed by atoms with Crippen LogP contribution in [0.2, 0.25) is 0 Å². The Morgan fingerprint density at radius 3 is 2.54 bits per heavy atom. The van der Waals surface area contributed by atoms with Gasteiger partial charge >= 0.3 is 0 Å². The van der Waals surface area contributed by atoms with Crippen LogP contribution in [0.5, 0.6) is 0 Å². The molecule has 0 amide bonds. The molecule has 0 bridgehead atoms. The zero-order chi connectivity index (χ0) is 16.5. The second-order valence-electron chi connectivity index (χ2n) is 7.19. The summed E-state index contributed by atoms with van der Waals surface area (Å²) in [6.07, 6.45) is 2.59. The minimum atomic E-state index is 0.620. The van der Waals surface area contributed by atoms with Crippen LogP contribution in [0, 0.1) is 6.92 Å². The van der Waals surface area contributed by atoms with Crippen molar-refractivity contribution in [2.75, 3.05) is 0 Å². The van der Waals surface area contributed by atoms with Crippen LogP contribution in [0.15, 0.2) is 60.7 Å². The normalized spacial score (nSPS) is 21.6. The molecule has 2 atom stereocenters. The molecule has 0 unspecified atom stereocenters. The van der Waals surface area contributed by atoms with Gasteiger partial charge < -0.3 is 4.57 Å². The third-order valence-electron chi connectivity index (χ3n) is 5.57. The summed E-state index contributed by atoms with van der Waals surface area (Å²) in [5, 5.41) is 1.36. The van der Waals surface area contributed by atoms with Crippen molar-refractivity contribution in [1.82, 2.24) is 9.47 Å². The molecular formula is C22H26N2. The maximum absolute atomic E-state index is 2.70. The molecule has 1 fully saturated rings. The Bertz CT molecular complexity index is 818. The number of nitrogens with zero attached hydrogens (tertiary/aromatic N) is 2. The van der Waals surface area contributed by atoms with Crippen molar-refractivity contribution in [2.45, 2.75) is 51.9 Å². The van der Waals surface area contributed by atoms with E-state index in [-0.39, 0.29) is 0 Å². The second-order valence-corrected chi connectivity index (χ2v) is 7.19. The highest BCUT2D eigenvalue weighted by molar-refractivity contribution is 5.81. The van der Waals surface area contributed by atoms with Gasteiger partial charge in [0.2, 0.25) is 0 Å². The van der Waals surface area contributed by atoms with Gasteiger partial charge in [0, 0.05) is 36.4 Å². The molecule has 1 saturated heterocycles. The highest BCUT2D eigenvalue weighted by Crippen LogP contribution is 2.29. The fraction of sp³-hybridized carbons (Fsp3) is 0.364. The van der Waals surface area contributed by atoms with Gasteiger partial charge in [0.15, 0.2) is 0 Å². The number of rotatable bonds is 4. The van der Waals surface area contributed by atoms with Crippen LogP contribution in [0.4, 0.5) is 0 Å². The van der Waals surface area contributed by atoms with Crippen molar-refractivity contribution in [2.24, 2.45) is 0 Å². The van der Waals surface area contributed by atoms with E-state index in [1.807, 2.05) is 0 Å². The van der Waals surface area contributed by atoms with Gasteiger partial charge in [-0.15, -0.1) is 0 Å². The average molecular weight is 318 g/mol. The van der Waals surface area contributed by atoms with Gasteiger partial charge in [-0.05, 0) is 49.8 Å². The largest absolute Gasteiger partial charge is 0.343 e. The molecule has 0 aliphatic carbocycles. The topological polar surface area (TPSA) is 8.17 Å². The first-order valence-corrected chi connectivity index (χ1v) is 9.07. The number of benzene rings is 2. The molecule has 24 heavy (non-hydrogen) atoms. The van der Waals surface area contributed by atoms with Crippen LogP contribution in [-0.2, 0) is 13.1 Å². The Kier molecular flexibility index (Phi) is 4.15. The zero-order valence-corrected chi connectivity index (χ0v) is 14.7. The fourth-order valence-corrected chi connectivity index (χ4v) is 4.20. The maximum atomic E-state index is 2.70. The summed E-state index contributed by atoms with van der Waals surface area (Å²) in [5.74, 6) is 0. The fourth-order valence-electron chi connectivity index (χ4n) is 4.20. The van der Waals surface area contributed by atoms with Gasteiger partial charge in [0.1, 0.15) is 0 Å². The summed E-state index contributed by atoms with van der Waals surface area (Å²) in [4.78, 5) is 2.70. The van der Waals surface area contributed by atoms with E-state index in [0.717, 1.165) is 13.1 Å². The molecule has 1 aromatic heterocycles. The van der Waals surface area contributed by atoms with Gasteiger partial charge in [0.05, 0.1) is 0 Å². The van der Waals surface area contributed by atoms with Gasteiger partial charge in [-0.3, -0.25) is 4.90 Å². The predicted octanol–water partition coefficient (Wildman–Crippen LogP) is 5.00. The molecule has 0 spiro atoms. The summed E-state index contributed by atoms with van der Waals surface area (Å²) in [6, 6.07) is 23.2. The number of hydrogen-bond donors (Lipinski definition) is 0. The van der Waals surface area contributed by atoms with Crippen molar-refractivity contribution in [3.8, 4) is 0 Å². The minimum absolute atomic E-state index is 0.620. The van der Waals surface area contributed by atoms with Crippen LogP contribution >= 0.6 is 0 Å². The van der Waals surface area contributed by atoms with Crippen molar-refractivity contribution >= 4 is 10.9 Å². The van der Waals surface area contributed by atoms with E-state index in [9.17, 15) is 0 Å². The lowest BCUT2D eigenvalue weighted by atomic mass is 10.1. The van der Waals surface area contributed by atoms with E-state index < -0.39 is 0 Å². The summed E-state index contributed by atoms with van der Waals surface area (Å²) >= 11 is 0. The lowest BCUT2D eigenvalue weighted by molar-refractivity contribution is 0.179. The van der Waals surface area contributed by atoms with Crippen molar-refractivity contribution < 1.29 is 0 Å². The van der Waals surface area contributed by atoms with E-state index in [1.165, 1.54) is 35.0 Å². The predicted molar refractivity (Wildman–Crippen MR) is 101 cm³/mol. The molecular weight excluding hydrogens is 292 g/mol. The van der Waals surface area contributed by atoms with Crippen molar-refractivity contribution in [3.05, 3.63) is 71.9 Å². The monoisotopic (exact) mass is 318 g/mol. The van der Waals surface area contributed by atoms with E-state index in [0.29, 0.717) is 12.1 Å². The van der Waals surface area contributed by atoms with Crippen molar-refractivity contribution in [1.29, 1.82) is 0 Å². The van der Waals surface area contributed by atoms with Crippen LogP contribution in [0.1, 0.15) is 31.0 Å². The van der Waals surface area contributed by atoms with Gasteiger partial charge in [-0.2, -0.15) is 0 Å². The first-order valence-electron chi connectivity index (χ1n) is 9.07. The maximum Gasteiger partial charge on any atom is 0.0482 e. The van der Waals surface area contributed by atoms with Crippen LogP contribution in [0.25, 0.3) is 10.9 Å². The molecule has 1 aliphatic rings. The highest BCUT2D eigenvalue weighted by Gasteiger charge is 2.31. The van der Waals surface area contributed by atoms with E-state index >= 15 is 0 Å². The van der Waals surface area contributed by atoms with E-state index in [2.05, 4.69) is 84.0 Å². The van der Waals surface area contributed by atoms with E-state index in [1.54, 1.807) is 0 Å². The SMILES string of the molecule is Cc1cc2ccccc2n1C[C@@H]1CC[C@@H](C)N1Cc1ccccc1. The molecule has 124 valence electrons. The van der Waals surface area contributed by atoms with Gasteiger partial charge in [0.25, 0.3) is 0 Å². The zero-order valence-electron chi connectivity index (χ0n) is 14.7. The summed E-state index contributed by atoms with van der Waals surface area (Å²) < 4.78 is 2.51. The Morgan fingerprint density at radius 1 is 0.958 bits per heavy atom. The third kappa shape index (κ3) is 2.87. The molecule has 2 aromatic carbocycles. The van der Waals surface area contributed by atoms with Gasteiger partial charge in [-0.1, -0.05) is 48.5 Å². The summed E-state index contributed by atoms with van der Waals surface area (Å²) in [6.45, 7) is 6.77. The first kappa shape index (κ1) is 15.5. The Morgan fingerprint density at radius 2 is 1.71 bits per heavy atom. The molecule has 2 heteroatoms. The number of para-hydroxylation sites is 1. The number of likely N-dealkylation sites (tertiary alicyclic amines) is 1. The number of aromatic nitrogens is 1. The standard InChI is InChI=1S/C22H26N2/c1-17-12-13-21(23(17)15-19-8-4-3-5-9-19)16-24-18(2)14-20-10-6-7-11-22(20)24/h3-11,14,17,21H,12-13,15-16H2,1-2H3/t17-,21+/m1/s1. The summed E-state index contributed by atoms with van der Waals surface area (Å²) in [7, 11) is 0. The Balaban J connectivity index is 1.59. The summed E-state index contributed by atoms with van der Waals surface area (Å²) in [5.41, 5.74) is 4.16. The first-order chi connectivity index (χ1) is 11.7. The molecule has 3 aromatic rings. The second kappa shape index (κ2) is 6.45. The molecule has 4 rings (SSSR count). The Hall–Kier alpha value is -2.06. The van der Waals surface area contributed by atoms with Crippen molar-refractivity contribution in [3.63, 3.8) is 0 Å². The molecule has 0 N–H and O–H groups in total. The highest BCUT2D eigenvalue weighted by atomic mass is 15.2. The molecule has 2 heterocycles. The number of fused-ring (bicyclic) bond motifs is 1. The number of hydrogen-bond acceptors (Lipinski definition) is 1. The third-order valence-corrected chi connectivity index (χ3v) is 5.57.